The fraction of sp³-hybridized carbons (Fsp3) is 0.174. The van der Waals surface area contributed by atoms with Crippen molar-refractivity contribution in [1.29, 1.82) is 0 Å². The zero-order chi connectivity index (χ0) is 23.0. The van der Waals surface area contributed by atoms with Gasteiger partial charge in [-0.2, -0.15) is 0 Å². The number of fused-ring (bicyclic) bond motifs is 1. The molecule has 4 aromatic rings. The standard InChI is InChI=1S/C23H23N5O4/c1-27-12-15(21(24)29)20(32-4)19(27)22-26-16-11-13(9-10-17(16)28(22)2)25-23(30)14-7-5-6-8-18(14)31-3/h5-12H,1-4H3,(H2,24,29)(H,25,30). The number of methoxy groups -OCH3 is 2. The van der Waals surface area contributed by atoms with E-state index in [0.29, 0.717) is 39.8 Å². The Bertz CT molecular complexity index is 1350. The molecule has 2 heterocycles. The van der Waals surface area contributed by atoms with Gasteiger partial charge in [0, 0.05) is 26.0 Å². The molecule has 2 aromatic heterocycles. The summed E-state index contributed by atoms with van der Waals surface area (Å²) in [6.45, 7) is 0. The lowest BCUT2D eigenvalue weighted by molar-refractivity contribution is 0.0994. The number of benzene rings is 2. The maximum Gasteiger partial charge on any atom is 0.259 e. The van der Waals surface area contributed by atoms with E-state index in [4.69, 9.17) is 20.2 Å². The average Bonchev–Trinajstić information content (AvgIpc) is 3.29. The van der Waals surface area contributed by atoms with Gasteiger partial charge >= 0.3 is 0 Å². The SMILES string of the molecule is COc1ccccc1C(=O)Nc1ccc2c(c1)nc(-c1c(OC)c(C(N)=O)cn1C)n2C. The third-order valence-electron chi connectivity index (χ3n) is 5.31. The Hall–Kier alpha value is -4.27. The normalized spacial score (nSPS) is 10.9. The summed E-state index contributed by atoms with van der Waals surface area (Å²) in [5.74, 6) is 0.590. The van der Waals surface area contributed by atoms with E-state index in [1.807, 2.05) is 17.7 Å². The Balaban J connectivity index is 1.74. The zero-order valence-corrected chi connectivity index (χ0v) is 18.2. The highest BCUT2D eigenvalue weighted by Gasteiger charge is 2.24. The molecule has 0 atom stereocenters. The number of para-hydroxylation sites is 1. The Labute approximate surface area is 184 Å². The molecule has 0 unspecified atom stereocenters. The minimum absolute atomic E-state index is 0.279. The molecule has 2 aromatic carbocycles. The smallest absolute Gasteiger partial charge is 0.259 e. The predicted molar refractivity (Wildman–Crippen MR) is 121 cm³/mol. The number of nitrogens with zero attached hydrogens (tertiary/aromatic N) is 3. The minimum Gasteiger partial charge on any atom is -0.496 e. The number of nitrogens with one attached hydrogen (secondary N) is 1. The van der Waals surface area contributed by atoms with Gasteiger partial charge in [0.25, 0.3) is 11.8 Å². The van der Waals surface area contributed by atoms with Gasteiger partial charge in [-0.3, -0.25) is 9.59 Å². The van der Waals surface area contributed by atoms with E-state index >= 15 is 0 Å². The van der Waals surface area contributed by atoms with Crippen LogP contribution in [0.25, 0.3) is 22.6 Å². The van der Waals surface area contributed by atoms with Crippen LogP contribution in [0, 0.1) is 0 Å². The summed E-state index contributed by atoms with van der Waals surface area (Å²) in [7, 11) is 6.67. The van der Waals surface area contributed by atoms with Gasteiger partial charge in [0.15, 0.2) is 11.6 Å². The van der Waals surface area contributed by atoms with Crippen LogP contribution >= 0.6 is 0 Å². The molecule has 0 aliphatic carbocycles. The fourth-order valence-corrected chi connectivity index (χ4v) is 3.77. The highest BCUT2D eigenvalue weighted by molar-refractivity contribution is 6.07. The number of carbonyl (C=O) groups is 2. The van der Waals surface area contributed by atoms with Crippen molar-refractivity contribution in [2.24, 2.45) is 19.8 Å². The number of hydrogen-bond donors (Lipinski definition) is 2. The van der Waals surface area contributed by atoms with Gasteiger partial charge in [-0.15, -0.1) is 0 Å². The summed E-state index contributed by atoms with van der Waals surface area (Å²) < 4.78 is 14.4. The van der Waals surface area contributed by atoms with E-state index in [0.717, 1.165) is 5.52 Å². The van der Waals surface area contributed by atoms with E-state index in [2.05, 4.69) is 5.32 Å². The Morgan fingerprint density at radius 1 is 1.03 bits per heavy atom. The first kappa shape index (κ1) is 21.0. The van der Waals surface area contributed by atoms with Gasteiger partial charge in [0.05, 0.1) is 36.4 Å². The maximum absolute atomic E-state index is 12.7. The first-order valence-corrected chi connectivity index (χ1v) is 9.80. The molecule has 2 amide bonds. The number of nitrogens with two attached hydrogens (primary N) is 1. The number of aryl methyl sites for hydroxylation is 2. The summed E-state index contributed by atoms with van der Waals surface area (Å²) in [4.78, 5) is 29.3. The first-order chi connectivity index (χ1) is 15.3. The molecule has 0 radical (unpaired) electrons. The molecular formula is C23H23N5O4. The molecule has 0 aliphatic rings. The molecular weight excluding hydrogens is 410 g/mol. The number of primary amides is 1. The zero-order valence-electron chi connectivity index (χ0n) is 18.2. The molecule has 0 bridgehead atoms. The molecule has 3 N–H and O–H groups in total. The maximum atomic E-state index is 12.7. The van der Waals surface area contributed by atoms with Crippen molar-refractivity contribution in [2.45, 2.75) is 0 Å². The Morgan fingerprint density at radius 3 is 2.47 bits per heavy atom. The van der Waals surface area contributed by atoms with Crippen LogP contribution in [0.5, 0.6) is 11.5 Å². The van der Waals surface area contributed by atoms with Crippen molar-refractivity contribution >= 4 is 28.5 Å². The number of hydrogen-bond acceptors (Lipinski definition) is 5. The van der Waals surface area contributed by atoms with Crippen LogP contribution < -0.4 is 20.5 Å². The molecule has 0 aliphatic heterocycles. The summed E-state index contributed by atoms with van der Waals surface area (Å²) in [6, 6.07) is 12.5. The third-order valence-corrected chi connectivity index (χ3v) is 5.31. The van der Waals surface area contributed by atoms with Crippen molar-refractivity contribution in [3.63, 3.8) is 0 Å². The molecule has 0 saturated carbocycles. The number of aromatic nitrogens is 3. The molecule has 164 valence electrons. The molecule has 0 spiro atoms. The predicted octanol–water partition coefficient (Wildman–Crippen LogP) is 2.95. The lowest BCUT2D eigenvalue weighted by Crippen LogP contribution is -2.13. The van der Waals surface area contributed by atoms with Crippen molar-refractivity contribution in [3.8, 4) is 23.0 Å². The van der Waals surface area contributed by atoms with E-state index in [1.165, 1.54) is 14.2 Å². The number of anilines is 1. The molecule has 0 saturated heterocycles. The number of ether oxygens (including phenoxy) is 2. The second kappa shape index (κ2) is 8.10. The van der Waals surface area contributed by atoms with Gasteiger partial charge in [0.2, 0.25) is 0 Å². The minimum atomic E-state index is -0.580. The number of amides is 2. The van der Waals surface area contributed by atoms with Gasteiger partial charge in [-0.25, -0.2) is 4.98 Å². The number of rotatable bonds is 6. The van der Waals surface area contributed by atoms with Crippen LogP contribution in [-0.2, 0) is 14.1 Å². The van der Waals surface area contributed by atoms with Crippen molar-refractivity contribution in [1.82, 2.24) is 14.1 Å². The van der Waals surface area contributed by atoms with E-state index in [1.54, 1.807) is 54.2 Å². The van der Waals surface area contributed by atoms with E-state index < -0.39 is 5.91 Å². The summed E-state index contributed by atoms with van der Waals surface area (Å²) in [5.41, 5.74) is 8.94. The van der Waals surface area contributed by atoms with Crippen molar-refractivity contribution < 1.29 is 19.1 Å². The quantitative estimate of drug-likeness (QED) is 0.485. The summed E-state index contributed by atoms with van der Waals surface area (Å²) in [6.07, 6.45) is 1.62. The lowest BCUT2D eigenvalue weighted by atomic mass is 10.2. The summed E-state index contributed by atoms with van der Waals surface area (Å²) in [5, 5.41) is 2.89. The molecule has 4 rings (SSSR count). The van der Waals surface area contributed by atoms with Gasteiger partial charge < -0.3 is 29.7 Å². The van der Waals surface area contributed by atoms with E-state index in [9.17, 15) is 9.59 Å². The van der Waals surface area contributed by atoms with Crippen LogP contribution in [-0.4, -0.2) is 40.2 Å². The highest BCUT2D eigenvalue weighted by atomic mass is 16.5. The van der Waals surface area contributed by atoms with Gasteiger partial charge in [-0.1, -0.05) is 12.1 Å². The largest absolute Gasteiger partial charge is 0.496 e. The van der Waals surface area contributed by atoms with Gasteiger partial charge in [0.1, 0.15) is 11.4 Å². The molecule has 9 nitrogen and oxygen atoms in total. The Kier molecular flexibility index (Phi) is 5.31. The molecule has 0 fully saturated rings. The highest BCUT2D eigenvalue weighted by Crippen LogP contribution is 2.35. The fourth-order valence-electron chi connectivity index (χ4n) is 3.77. The van der Waals surface area contributed by atoms with Crippen molar-refractivity contribution in [2.75, 3.05) is 19.5 Å². The van der Waals surface area contributed by atoms with Crippen LogP contribution in [0.15, 0.2) is 48.7 Å². The average molecular weight is 433 g/mol. The first-order valence-electron chi connectivity index (χ1n) is 9.80. The van der Waals surface area contributed by atoms with Gasteiger partial charge in [-0.05, 0) is 30.3 Å². The van der Waals surface area contributed by atoms with Crippen LogP contribution in [0.4, 0.5) is 5.69 Å². The molecule has 32 heavy (non-hydrogen) atoms. The second-order valence-electron chi connectivity index (χ2n) is 7.25. The number of carbonyl (C=O) groups excluding carboxylic acids is 2. The Morgan fingerprint density at radius 2 is 1.78 bits per heavy atom. The van der Waals surface area contributed by atoms with Crippen molar-refractivity contribution in [3.05, 3.63) is 59.8 Å². The summed E-state index contributed by atoms with van der Waals surface area (Å²) >= 11 is 0. The van der Waals surface area contributed by atoms with E-state index in [-0.39, 0.29) is 11.5 Å². The van der Waals surface area contributed by atoms with Crippen LogP contribution in [0.3, 0.4) is 0 Å². The van der Waals surface area contributed by atoms with Crippen LogP contribution in [0.1, 0.15) is 20.7 Å². The monoisotopic (exact) mass is 433 g/mol. The topological polar surface area (TPSA) is 113 Å². The van der Waals surface area contributed by atoms with Crippen LogP contribution in [0.2, 0.25) is 0 Å². The molecule has 9 heteroatoms. The lowest BCUT2D eigenvalue weighted by Gasteiger charge is -2.09. The number of imidazole rings is 1. The second-order valence-corrected chi connectivity index (χ2v) is 7.25. The third kappa shape index (κ3) is 3.43.